The zero-order valence-electron chi connectivity index (χ0n) is 22.9. The van der Waals surface area contributed by atoms with E-state index < -0.39 is 0 Å². The molecule has 0 aromatic rings. The van der Waals surface area contributed by atoms with Crippen LogP contribution in [-0.4, -0.2) is 11.2 Å². The zero-order chi connectivity index (χ0) is 23.4. The van der Waals surface area contributed by atoms with E-state index in [1.807, 2.05) is 0 Å². The monoisotopic (exact) mass is 444 g/mol. The molecule has 0 aromatic carbocycles. The maximum atomic E-state index is 10.6. The molecule has 4 saturated carbocycles. The highest BCUT2D eigenvalue weighted by Gasteiger charge is 2.61. The third-order valence-electron chi connectivity index (χ3n) is 12.9. The Bertz CT molecular complexity index is 640. The summed E-state index contributed by atoms with van der Waals surface area (Å²) in [5, 5.41) is 10.6. The van der Waals surface area contributed by atoms with Crippen LogP contribution in [0.15, 0.2) is 0 Å². The second kappa shape index (κ2) is 9.20. The van der Waals surface area contributed by atoms with Crippen molar-refractivity contribution in [2.24, 2.45) is 70.0 Å². The van der Waals surface area contributed by atoms with E-state index in [0.717, 1.165) is 59.7 Å². The van der Waals surface area contributed by atoms with Gasteiger partial charge in [0.05, 0.1) is 6.10 Å². The Morgan fingerprint density at radius 2 is 1.44 bits per heavy atom. The van der Waals surface area contributed by atoms with Crippen molar-refractivity contribution in [3.63, 3.8) is 0 Å². The van der Waals surface area contributed by atoms with Gasteiger partial charge in [-0.05, 0) is 128 Å². The molecule has 32 heavy (non-hydrogen) atoms. The van der Waals surface area contributed by atoms with Crippen molar-refractivity contribution in [3.8, 4) is 0 Å². The molecule has 0 saturated heterocycles. The van der Waals surface area contributed by atoms with Crippen LogP contribution >= 0.6 is 0 Å². The summed E-state index contributed by atoms with van der Waals surface area (Å²) in [6.07, 6.45) is 13.9. The first-order valence-electron chi connectivity index (χ1n) is 14.7. The van der Waals surface area contributed by atoms with Crippen molar-refractivity contribution in [2.45, 2.75) is 126 Å². The molecule has 0 radical (unpaired) electrons. The van der Waals surface area contributed by atoms with E-state index >= 15 is 0 Å². The molecule has 4 aliphatic rings. The van der Waals surface area contributed by atoms with E-state index in [4.69, 9.17) is 0 Å². The standard InChI is InChI=1S/C31H56O/c1-9-23(21(5)19(2)3)18-20(4)25-12-13-27-24-10-11-26-22(6)29(32)15-17-31(26,8)28(24)14-16-30(25,27)7/h19-29,32H,9-18H2,1-8H3/t20-,21-,22+,23-,24+,25-,26+,27+,28+,29+,30-,31+/m1/s1. The van der Waals surface area contributed by atoms with Crippen LogP contribution < -0.4 is 0 Å². The number of aliphatic hydroxyl groups is 1. The highest BCUT2D eigenvalue weighted by molar-refractivity contribution is 5.10. The third kappa shape index (κ3) is 3.93. The fourth-order valence-electron chi connectivity index (χ4n) is 10.6. The highest BCUT2D eigenvalue weighted by atomic mass is 16.3. The number of hydrogen-bond donors (Lipinski definition) is 1. The van der Waals surface area contributed by atoms with E-state index in [9.17, 15) is 5.11 Å². The maximum absolute atomic E-state index is 10.6. The summed E-state index contributed by atoms with van der Waals surface area (Å²) >= 11 is 0. The third-order valence-corrected chi connectivity index (χ3v) is 12.9. The van der Waals surface area contributed by atoms with Gasteiger partial charge in [0, 0.05) is 0 Å². The molecular weight excluding hydrogens is 388 g/mol. The van der Waals surface area contributed by atoms with Gasteiger partial charge in [0.1, 0.15) is 0 Å². The van der Waals surface area contributed by atoms with Crippen LogP contribution in [0.3, 0.4) is 0 Å². The van der Waals surface area contributed by atoms with Crippen LogP contribution in [0.4, 0.5) is 0 Å². The van der Waals surface area contributed by atoms with E-state index in [2.05, 4.69) is 55.4 Å². The minimum atomic E-state index is -0.0464. The Morgan fingerprint density at radius 3 is 2.09 bits per heavy atom. The molecule has 0 amide bonds. The van der Waals surface area contributed by atoms with Gasteiger partial charge in [-0.2, -0.15) is 0 Å². The van der Waals surface area contributed by atoms with Crippen molar-refractivity contribution in [3.05, 3.63) is 0 Å². The van der Waals surface area contributed by atoms with Gasteiger partial charge in [0.25, 0.3) is 0 Å². The maximum Gasteiger partial charge on any atom is 0.0568 e. The summed E-state index contributed by atoms with van der Waals surface area (Å²) in [5.74, 6) is 8.50. The van der Waals surface area contributed by atoms with Gasteiger partial charge < -0.3 is 5.11 Å². The van der Waals surface area contributed by atoms with Crippen molar-refractivity contribution < 1.29 is 5.11 Å². The van der Waals surface area contributed by atoms with E-state index in [-0.39, 0.29) is 6.10 Å². The Morgan fingerprint density at radius 1 is 0.812 bits per heavy atom. The summed E-state index contributed by atoms with van der Waals surface area (Å²) in [6.45, 7) is 20.2. The first kappa shape index (κ1) is 25.1. The molecule has 1 heteroatoms. The smallest absolute Gasteiger partial charge is 0.0568 e. The second-order valence-electron chi connectivity index (χ2n) is 14.2. The number of rotatable bonds is 6. The minimum Gasteiger partial charge on any atom is -0.393 e. The summed E-state index contributed by atoms with van der Waals surface area (Å²) in [7, 11) is 0. The van der Waals surface area contributed by atoms with Crippen LogP contribution in [0.25, 0.3) is 0 Å². The molecule has 186 valence electrons. The van der Waals surface area contributed by atoms with Crippen molar-refractivity contribution in [1.82, 2.24) is 0 Å². The van der Waals surface area contributed by atoms with Gasteiger partial charge in [-0.1, -0.05) is 61.8 Å². The predicted molar refractivity (Wildman–Crippen MR) is 137 cm³/mol. The molecule has 0 bridgehead atoms. The molecule has 0 aliphatic heterocycles. The SMILES string of the molecule is CC[C@H](C[C@@H](C)[C@H]1CC[C@H]2[C@@H]3CC[C@H]4[C@H](C)[C@@H](O)CC[C@]4(C)[C@H]3CC[C@]12C)[C@H](C)C(C)C. The Kier molecular flexibility index (Phi) is 7.21. The van der Waals surface area contributed by atoms with E-state index in [0.29, 0.717) is 16.7 Å². The molecule has 0 heterocycles. The predicted octanol–water partition coefficient (Wildman–Crippen LogP) is 8.60. The van der Waals surface area contributed by atoms with E-state index in [1.165, 1.54) is 57.8 Å². The lowest BCUT2D eigenvalue weighted by atomic mass is 9.43. The first-order chi connectivity index (χ1) is 15.0. The number of aliphatic hydroxyl groups excluding tert-OH is 1. The lowest BCUT2D eigenvalue weighted by Gasteiger charge is -2.62. The molecule has 1 N–H and O–H groups in total. The quantitative estimate of drug-likeness (QED) is 0.435. The Balaban J connectivity index is 1.49. The molecule has 0 spiro atoms. The van der Waals surface area contributed by atoms with Gasteiger partial charge in [-0.15, -0.1) is 0 Å². The van der Waals surface area contributed by atoms with Crippen LogP contribution in [-0.2, 0) is 0 Å². The topological polar surface area (TPSA) is 20.2 Å². The first-order valence-corrected chi connectivity index (χ1v) is 14.7. The lowest BCUT2D eigenvalue weighted by Crippen LogP contribution is -2.56. The summed E-state index contributed by atoms with van der Waals surface area (Å²) < 4.78 is 0. The van der Waals surface area contributed by atoms with Gasteiger partial charge in [-0.3, -0.25) is 0 Å². The fourth-order valence-corrected chi connectivity index (χ4v) is 10.6. The van der Waals surface area contributed by atoms with Gasteiger partial charge >= 0.3 is 0 Å². The largest absolute Gasteiger partial charge is 0.393 e. The molecule has 4 fully saturated rings. The van der Waals surface area contributed by atoms with Crippen molar-refractivity contribution in [1.29, 1.82) is 0 Å². The van der Waals surface area contributed by atoms with Gasteiger partial charge in [-0.25, -0.2) is 0 Å². The Hall–Kier alpha value is -0.0400. The summed E-state index contributed by atoms with van der Waals surface area (Å²) in [5.41, 5.74) is 1.08. The van der Waals surface area contributed by atoms with Gasteiger partial charge in [0.15, 0.2) is 0 Å². The molecule has 0 aromatic heterocycles. The highest BCUT2D eigenvalue weighted by Crippen LogP contribution is 2.69. The molecular formula is C31H56O. The minimum absolute atomic E-state index is 0.0464. The van der Waals surface area contributed by atoms with Crippen LogP contribution in [0, 0.1) is 70.0 Å². The van der Waals surface area contributed by atoms with E-state index in [1.54, 1.807) is 0 Å². The van der Waals surface area contributed by atoms with Crippen LogP contribution in [0.2, 0.25) is 0 Å². The molecule has 1 nitrogen and oxygen atoms in total. The fraction of sp³-hybridized carbons (Fsp3) is 1.00. The van der Waals surface area contributed by atoms with Crippen molar-refractivity contribution in [2.75, 3.05) is 0 Å². The van der Waals surface area contributed by atoms with Crippen molar-refractivity contribution >= 4 is 0 Å². The number of fused-ring (bicyclic) bond motifs is 5. The van der Waals surface area contributed by atoms with Crippen LogP contribution in [0.1, 0.15) is 120 Å². The summed E-state index contributed by atoms with van der Waals surface area (Å²) in [6, 6.07) is 0. The molecule has 4 rings (SSSR count). The van der Waals surface area contributed by atoms with Gasteiger partial charge in [0.2, 0.25) is 0 Å². The summed E-state index contributed by atoms with van der Waals surface area (Å²) in [4.78, 5) is 0. The molecule has 4 aliphatic carbocycles. The Labute approximate surface area is 200 Å². The lowest BCUT2D eigenvalue weighted by molar-refractivity contribution is -0.149. The van der Waals surface area contributed by atoms with Crippen LogP contribution in [0.5, 0.6) is 0 Å². The average molecular weight is 445 g/mol. The number of hydrogen-bond acceptors (Lipinski definition) is 1. The normalized spacial score (nSPS) is 49.1. The second-order valence-corrected chi connectivity index (χ2v) is 14.2. The molecule has 0 unspecified atom stereocenters. The average Bonchev–Trinajstić information content (AvgIpc) is 3.11. The zero-order valence-corrected chi connectivity index (χ0v) is 22.9. The molecule has 12 atom stereocenters.